The Bertz CT molecular complexity index is 964. The Hall–Kier alpha value is -3.17. The number of carbonyl (C=O) groups is 1. The van der Waals surface area contributed by atoms with E-state index in [2.05, 4.69) is 9.97 Å². The first-order chi connectivity index (χ1) is 13.4. The maximum Gasteiger partial charge on any atom is 0.305 e. The van der Waals surface area contributed by atoms with Crippen LogP contribution in [0.3, 0.4) is 0 Å². The van der Waals surface area contributed by atoms with Gasteiger partial charge in [-0.1, -0.05) is 11.6 Å². The second-order valence-corrected chi connectivity index (χ2v) is 6.22. The number of hydrogen-bond acceptors (Lipinski definition) is 6. The normalized spacial score (nSPS) is 11.8. The number of aliphatic carboxylic acids is 1. The SMILES string of the molecule is NC(COc1nccn1-c1ccc(Oc2ncc(Cl)cc2F)cc1)CC(=O)O. The second kappa shape index (κ2) is 8.68. The summed E-state index contributed by atoms with van der Waals surface area (Å²) in [4.78, 5) is 18.5. The zero-order chi connectivity index (χ0) is 20.1. The molecule has 8 nitrogen and oxygen atoms in total. The molecule has 0 aliphatic heterocycles. The van der Waals surface area contributed by atoms with Crippen LogP contribution in [-0.4, -0.2) is 38.3 Å². The summed E-state index contributed by atoms with van der Waals surface area (Å²) in [6, 6.07) is 7.42. The molecule has 2 aromatic heterocycles. The highest BCUT2D eigenvalue weighted by Gasteiger charge is 2.13. The molecule has 3 N–H and O–H groups in total. The van der Waals surface area contributed by atoms with Crippen LogP contribution >= 0.6 is 11.6 Å². The highest BCUT2D eigenvalue weighted by Crippen LogP contribution is 2.26. The molecule has 0 spiro atoms. The molecule has 10 heteroatoms. The van der Waals surface area contributed by atoms with Crippen LogP contribution < -0.4 is 15.2 Å². The summed E-state index contributed by atoms with van der Waals surface area (Å²) < 4.78 is 26.3. The van der Waals surface area contributed by atoms with E-state index in [0.29, 0.717) is 11.4 Å². The van der Waals surface area contributed by atoms with Crippen LogP contribution in [-0.2, 0) is 4.79 Å². The Morgan fingerprint density at radius 2 is 2.07 bits per heavy atom. The van der Waals surface area contributed by atoms with E-state index in [-0.39, 0.29) is 29.9 Å². The predicted molar refractivity (Wildman–Crippen MR) is 98.6 cm³/mol. The maximum atomic E-state index is 13.8. The molecular formula is C18H16ClFN4O4. The summed E-state index contributed by atoms with van der Waals surface area (Å²) >= 11 is 5.67. The standard InChI is InChI=1S/C18H16ClFN4O4/c19-11-7-15(20)17(23-9-11)28-14-3-1-13(2-4-14)24-6-5-22-18(24)27-10-12(21)8-16(25)26/h1-7,9,12H,8,10,21H2,(H,25,26). The number of carboxylic acid groups (broad SMARTS) is 1. The maximum absolute atomic E-state index is 13.8. The topological polar surface area (TPSA) is 112 Å². The number of halogens is 2. The molecule has 2 heterocycles. The number of hydrogen-bond donors (Lipinski definition) is 2. The van der Waals surface area contributed by atoms with Gasteiger partial charge in [0.2, 0.25) is 0 Å². The van der Waals surface area contributed by atoms with E-state index < -0.39 is 17.8 Å². The lowest BCUT2D eigenvalue weighted by atomic mass is 10.2. The van der Waals surface area contributed by atoms with Gasteiger partial charge < -0.3 is 20.3 Å². The fourth-order valence-electron chi connectivity index (χ4n) is 2.32. The predicted octanol–water partition coefficient (Wildman–Crippen LogP) is 3.03. The number of carboxylic acids is 1. The van der Waals surface area contributed by atoms with E-state index in [1.165, 1.54) is 12.4 Å². The number of rotatable bonds is 8. The van der Waals surface area contributed by atoms with Crippen LogP contribution in [0.1, 0.15) is 6.42 Å². The van der Waals surface area contributed by atoms with E-state index in [4.69, 9.17) is 31.9 Å². The van der Waals surface area contributed by atoms with Crippen LogP contribution in [0.4, 0.5) is 4.39 Å². The van der Waals surface area contributed by atoms with Gasteiger partial charge in [0.05, 0.1) is 17.1 Å². The van der Waals surface area contributed by atoms with Crippen LogP contribution in [0.15, 0.2) is 48.9 Å². The van der Waals surface area contributed by atoms with Gasteiger partial charge in [-0.15, -0.1) is 0 Å². The van der Waals surface area contributed by atoms with E-state index in [9.17, 15) is 9.18 Å². The Morgan fingerprint density at radius 1 is 1.32 bits per heavy atom. The van der Waals surface area contributed by atoms with Crippen molar-refractivity contribution in [1.82, 2.24) is 14.5 Å². The number of nitrogens with zero attached hydrogens (tertiary/aromatic N) is 3. The molecule has 28 heavy (non-hydrogen) atoms. The minimum absolute atomic E-state index is 0.00597. The zero-order valence-electron chi connectivity index (χ0n) is 14.5. The van der Waals surface area contributed by atoms with Crippen molar-refractivity contribution in [3.05, 3.63) is 59.8 Å². The molecule has 0 aliphatic rings. The van der Waals surface area contributed by atoms with Crippen molar-refractivity contribution in [3.8, 4) is 23.3 Å². The molecule has 0 radical (unpaired) electrons. The van der Waals surface area contributed by atoms with Crippen LogP contribution in [0.2, 0.25) is 5.02 Å². The van der Waals surface area contributed by atoms with Crippen molar-refractivity contribution in [2.75, 3.05) is 6.61 Å². The third kappa shape index (κ3) is 4.96. The van der Waals surface area contributed by atoms with Gasteiger partial charge in [0, 0.05) is 24.6 Å². The zero-order valence-corrected chi connectivity index (χ0v) is 15.2. The quantitative estimate of drug-likeness (QED) is 0.591. The van der Waals surface area contributed by atoms with Gasteiger partial charge in [-0.05, 0) is 30.3 Å². The van der Waals surface area contributed by atoms with Crippen LogP contribution in [0.5, 0.6) is 17.6 Å². The van der Waals surface area contributed by atoms with Crippen molar-refractivity contribution in [3.63, 3.8) is 0 Å². The average Bonchev–Trinajstić information content (AvgIpc) is 3.11. The highest BCUT2D eigenvalue weighted by molar-refractivity contribution is 6.30. The Balaban J connectivity index is 1.68. The molecule has 0 amide bonds. The lowest BCUT2D eigenvalue weighted by molar-refractivity contribution is -0.137. The van der Waals surface area contributed by atoms with E-state index in [1.54, 1.807) is 35.0 Å². The highest BCUT2D eigenvalue weighted by atomic mass is 35.5. The summed E-state index contributed by atoms with van der Waals surface area (Å²) in [5, 5.41) is 8.91. The molecule has 146 valence electrons. The molecule has 0 saturated carbocycles. The third-order valence-electron chi connectivity index (χ3n) is 3.57. The first-order valence-electron chi connectivity index (χ1n) is 8.15. The summed E-state index contributed by atoms with van der Waals surface area (Å²) in [6.07, 6.45) is 4.30. The fraction of sp³-hybridized carbons (Fsp3) is 0.167. The van der Waals surface area contributed by atoms with Gasteiger partial charge in [-0.3, -0.25) is 9.36 Å². The Kier molecular flexibility index (Phi) is 6.07. The Labute approximate surface area is 164 Å². The van der Waals surface area contributed by atoms with Gasteiger partial charge in [0.25, 0.3) is 5.88 Å². The van der Waals surface area contributed by atoms with E-state index in [0.717, 1.165) is 6.07 Å². The van der Waals surface area contributed by atoms with Crippen molar-refractivity contribution in [1.29, 1.82) is 0 Å². The van der Waals surface area contributed by atoms with Crippen LogP contribution in [0, 0.1) is 5.82 Å². The minimum atomic E-state index is -0.998. The fourth-order valence-corrected chi connectivity index (χ4v) is 2.47. The van der Waals surface area contributed by atoms with Crippen LogP contribution in [0.25, 0.3) is 5.69 Å². The number of ether oxygens (including phenoxy) is 2. The van der Waals surface area contributed by atoms with Crippen molar-refractivity contribution in [2.45, 2.75) is 12.5 Å². The first kappa shape index (κ1) is 19.6. The monoisotopic (exact) mass is 406 g/mol. The molecule has 1 atom stereocenters. The van der Waals surface area contributed by atoms with Crippen molar-refractivity contribution >= 4 is 17.6 Å². The molecular weight excluding hydrogens is 391 g/mol. The average molecular weight is 407 g/mol. The van der Waals surface area contributed by atoms with Crippen molar-refractivity contribution < 1.29 is 23.8 Å². The summed E-state index contributed by atoms with van der Waals surface area (Å²) in [7, 11) is 0. The first-order valence-corrected chi connectivity index (χ1v) is 8.53. The van der Waals surface area contributed by atoms with Gasteiger partial charge in [0.1, 0.15) is 12.4 Å². The summed E-state index contributed by atoms with van der Waals surface area (Å²) in [5.74, 6) is -1.47. The largest absolute Gasteiger partial charge is 0.481 e. The third-order valence-corrected chi connectivity index (χ3v) is 3.78. The molecule has 0 saturated heterocycles. The molecule has 1 aromatic carbocycles. The number of pyridine rings is 1. The lowest BCUT2D eigenvalue weighted by Crippen LogP contribution is -2.30. The minimum Gasteiger partial charge on any atom is -0.481 e. The molecule has 3 rings (SSSR count). The van der Waals surface area contributed by atoms with Gasteiger partial charge in [0.15, 0.2) is 5.82 Å². The smallest absolute Gasteiger partial charge is 0.305 e. The molecule has 0 fully saturated rings. The van der Waals surface area contributed by atoms with Crippen molar-refractivity contribution in [2.24, 2.45) is 5.73 Å². The second-order valence-electron chi connectivity index (χ2n) is 5.79. The van der Waals surface area contributed by atoms with E-state index >= 15 is 0 Å². The van der Waals surface area contributed by atoms with Gasteiger partial charge in [-0.2, -0.15) is 0 Å². The number of aromatic nitrogens is 3. The number of imidazole rings is 1. The van der Waals surface area contributed by atoms with E-state index in [1.807, 2.05) is 0 Å². The van der Waals surface area contributed by atoms with Gasteiger partial charge in [-0.25, -0.2) is 14.4 Å². The molecule has 3 aromatic rings. The van der Waals surface area contributed by atoms with Gasteiger partial charge >= 0.3 is 12.0 Å². The number of nitrogens with two attached hydrogens (primary N) is 1. The molecule has 0 aliphatic carbocycles. The summed E-state index contributed by atoms with van der Waals surface area (Å²) in [5.41, 5.74) is 6.40. The summed E-state index contributed by atoms with van der Waals surface area (Å²) in [6.45, 7) is 0.00597. The molecule has 0 bridgehead atoms. The Morgan fingerprint density at radius 3 is 2.75 bits per heavy atom. The lowest BCUT2D eigenvalue weighted by Gasteiger charge is -2.13. The molecule has 1 unspecified atom stereocenters. The number of benzene rings is 1.